The molecule has 2 aromatic rings. The van der Waals surface area contributed by atoms with Gasteiger partial charge in [0.2, 0.25) is 5.91 Å². The van der Waals surface area contributed by atoms with Crippen LogP contribution in [0.25, 0.3) is 0 Å². The Morgan fingerprint density at radius 3 is 2.30 bits per heavy atom. The minimum Gasteiger partial charge on any atom is -0.483 e. The third kappa shape index (κ3) is 7.24. The predicted octanol–water partition coefficient (Wildman–Crippen LogP) is 3.78. The van der Waals surface area contributed by atoms with Crippen LogP contribution in [0.4, 0.5) is 5.69 Å². The molecule has 30 heavy (non-hydrogen) atoms. The van der Waals surface area contributed by atoms with E-state index in [0.29, 0.717) is 23.4 Å². The normalized spacial score (nSPS) is 10.4. The lowest BCUT2D eigenvalue weighted by molar-refractivity contribution is -0.123. The van der Waals surface area contributed by atoms with Crippen molar-refractivity contribution in [3.8, 4) is 5.75 Å². The number of nitrogens with one attached hydrogen (secondary N) is 3. The lowest BCUT2D eigenvalue weighted by Gasteiger charge is -2.14. The smallest absolute Gasteiger partial charge is 0.276 e. The zero-order chi connectivity index (χ0) is 21.9. The van der Waals surface area contributed by atoms with Crippen molar-refractivity contribution in [1.29, 1.82) is 0 Å². The summed E-state index contributed by atoms with van der Waals surface area (Å²) in [4.78, 5) is 35.9. The first-order valence-electron chi connectivity index (χ1n) is 10.1. The molecule has 0 bridgehead atoms. The summed E-state index contributed by atoms with van der Waals surface area (Å²) in [5.41, 5.74) is 6.68. The molecule has 0 atom stereocenters. The van der Waals surface area contributed by atoms with E-state index in [4.69, 9.17) is 4.74 Å². The number of carbonyl (C=O) groups excluding carboxylic acids is 3. The average Bonchev–Trinajstić information content (AvgIpc) is 2.75. The minimum absolute atomic E-state index is 0.0552. The van der Waals surface area contributed by atoms with Crippen molar-refractivity contribution in [2.24, 2.45) is 0 Å². The number of carbonyl (C=O) groups is 3. The molecule has 0 aliphatic rings. The van der Waals surface area contributed by atoms with Crippen molar-refractivity contribution < 1.29 is 19.1 Å². The SMILES string of the molecule is CCCCC(=O)Nc1ccc(C(=O)NNC(=O)COc2ccccc2C(C)C)cc1. The monoisotopic (exact) mass is 411 g/mol. The molecule has 7 heteroatoms. The highest BCUT2D eigenvalue weighted by Crippen LogP contribution is 2.25. The number of rotatable bonds is 9. The maximum atomic E-state index is 12.2. The second-order valence-electron chi connectivity index (χ2n) is 7.21. The lowest BCUT2D eigenvalue weighted by atomic mass is 10.0. The maximum absolute atomic E-state index is 12.2. The van der Waals surface area contributed by atoms with E-state index >= 15 is 0 Å². The van der Waals surface area contributed by atoms with Crippen LogP contribution in [0.5, 0.6) is 5.75 Å². The highest BCUT2D eigenvalue weighted by Gasteiger charge is 2.11. The zero-order valence-electron chi connectivity index (χ0n) is 17.7. The first-order valence-corrected chi connectivity index (χ1v) is 10.1. The van der Waals surface area contributed by atoms with Crippen LogP contribution in [-0.4, -0.2) is 24.3 Å². The maximum Gasteiger partial charge on any atom is 0.276 e. The number of hydrogen-bond acceptors (Lipinski definition) is 4. The minimum atomic E-state index is -0.471. The van der Waals surface area contributed by atoms with E-state index in [0.717, 1.165) is 18.4 Å². The molecule has 0 saturated carbocycles. The van der Waals surface area contributed by atoms with E-state index in [9.17, 15) is 14.4 Å². The van der Waals surface area contributed by atoms with Crippen molar-refractivity contribution in [1.82, 2.24) is 10.9 Å². The molecular formula is C23H29N3O4. The fraction of sp³-hybridized carbons (Fsp3) is 0.348. The van der Waals surface area contributed by atoms with E-state index in [1.54, 1.807) is 24.3 Å². The van der Waals surface area contributed by atoms with Crippen molar-refractivity contribution in [2.45, 2.75) is 46.0 Å². The van der Waals surface area contributed by atoms with Gasteiger partial charge in [0, 0.05) is 17.7 Å². The topological polar surface area (TPSA) is 96.5 Å². The van der Waals surface area contributed by atoms with Gasteiger partial charge in [-0.2, -0.15) is 0 Å². The molecule has 0 aliphatic heterocycles. The Balaban J connectivity index is 1.80. The third-order valence-corrected chi connectivity index (χ3v) is 4.40. The van der Waals surface area contributed by atoms with E-state index in [2.05, 4.69) is 16.2 Å². The van der Waals surface area contributed by atoms with Gasteiger partial charge in [-0.3, -0.25) is 25.2 Å². The van der Waals surface area contributed by atoms with Crippen LogP contribution in [0.2, 0.25) is 0 Å². The Bertz CT molecular complexity index is 863. The second kappa shape index (κ2) is 11.6. The first-order chi connectivity index (χ1) is 14.4. The molecule has 0 unspecified atom stereocenters. The van der Waals surface area contributed by atoms with Crippen molar-refractivity contribution in [3.05, 3.63) is 59.7 Å². The number of para-hydroxylation sites is 1. The number of amides is 3. The number of hydrazine groups is 1. The molecule has 0 spiro atoms. The van der Waals surface area contributed by atoms with Gasteiger partial charge in [0.05, 0.1) is 0 Å². The highest BCUT2D eigenvalue weighted by molar-refractivity contribution is 5.96. The van der Waals surface area contributed by atoms with Crippen LogP contribution in [0.15, 0.2) is 48.5 Å². The van der Waals surface area contributed by atoms with Crippen LogP contribution in [-0.2, 0) is 9.59 Å². The van der Waals surface area contributed by atoms with Crippen molar-refractivity contribution in [3.63, 3.8) is 0 Å². The summed E-state index contributed by atoms with van der Waals surface area (Å²) in [7, 11) is 0. The third-order valence-electron chi connectivity index (χ3n) is 4.40. The molecule has 3 amide bonds. The van der Waals surface area contributed by atoms with Gasteiger partial charge in [0.25, 0.3) is 11.8 Å². The van der Waals surface area contributed by atoms with Crippen LogP contribution in [0, 0.1) is 0 Å². The fourth-order valence-electron chi connectivity index (χ4n) is 2.73. The number of unbranched alkanes of at least 4 members (excludes halogenated alkanes) is 1. The molecule has 0 fully saturated rings. The lowest BCUT2D eigenvalue weighted by Crippen LogP contribution is -2.43. The zero-order valence-corrected chi connectivity index (χ0v) is 17.7. The largest absolute Gasteiger partial charge is 0.483 e. The van der Waals surface area contributed by atoms with Gasteiger partial charge in [-0.15, -0.1) is 0 Å². The van der Waals surface area contributed by atoms with Crippen molar-refractivity contribution >= 4 is 23.4 Å². The molecule has 0 aliphatic carbocycles. The standard InChI is InChI=1S/C23H29N3O4/c1-4-5-10-21(27)24-18-13-11-17(12-14-18)23(29)26-25-22(28)15-30-20-9-7-6-8-19(20)16(2)3/h6-9,11-14,16H,4-5,10,15H2,1-3H3,(H,24,27)(H,25,28)(H,26,29). The van der Waals surface area contributed by atoms with Crippen LogP contribution in [0.1, 0.15) is 61.9 Å². The molecule has 0 saturated heterocycles. The Morgan fingerprint density at radius 1 is 0.933 bits per heavy atom. The summed E-state index contributed by atoms with van der Waals surface area (Å²) in [6, 6.07) is 14.0. The molecule has 0 heterocycles. The molecule has 0 aromatic heterocycles. The summed E-state index contributed by atoms with van der Waals surface area (Å²) < 4.78 is 5.58. The molecule has 3 N–H and O–H groups in total. The fourth-order valence-corrected chi connectivity index (χ4v) is 2.73. The Hall–Kier alpha value is -3.35. The van der Waals surface area contributed by atoms with Gasteiger partial charge >= 0.3 is 0 Å². The van der Waals surface area contributed by atoms with Crippen LogP contribution >= 0.6 is 0 Å². The number of hydrogen-bond donors (Lipinski definition) is 3. The van der Waals surface area contributed by atoms with Gasteiger partial charge in [0.1, 0.15) is 5.75 Å². The summed E-state index contributed by atoms with van der Waals surface area (Å²) in [5.74, 6) is -0.0780. The molecule has 7 nitrogen and oxygen atoms in total. The van der Waals surface area contributed by atoms with Crippen molar-refractivity contribution in [2.75, 3.05) is 11.9 Å². The second-order valence-corrected chi connectivity index (χ2v) is 7.21. The van der Waals surface area contributed by atoms with Crippen LogP contribution in [0.3, 0.4) is 0 Å². The number of anilines is 1. The van der Waals surface area contributed by atoms with Crippen LogP contribution < -0.4 is 20.9 Å². The predicted molar refractivity (Wildman–Crippen MR) is 116 cm³/mol. The Labute approximate surface area is 177 Å². The number of ether oxygens (including phenoxy) is 1. The van der Waals surface area contributed by atoms with E-state index in [-0.39, 0.29) is 18.4 Å². The summed E-state index contributed by atoms with van der Waals surface area (Å²) in [6.07, 6.45) is 2.25. The first kappa shape index (κ1) is 22.9. The Morgan fingerprint density at radius 2 is 1.63 bits per heavy atom. The Kier molecular flexibility index (Phi) is 8.87. The van der Waals surface area contributed by atoms with Gasteiger partial charge in [0.15, 0.2) is 6.61 Å². The molecule has 2 aromatic carbocycles. The molecule has 0 radical (unpaired) electrons. The van der Waals surface area contributed by atoms with E-state index in [1.807, 2.05) is 45.0 Å². The van der Waals surface area contributed by atoms with Gasteiger partial charge < -0.3 is 10.1 Å². The summed E-state index contributed by atoms with van der Waals surface area (Å²) >= 11 is 0. The van der Waals surface area contributed by atoms with Gasteiger partial charge in [-0.05, 0) is 48.2 Å². The quantitative estimate of drug-likeness (QED) is 0.547. The highest BCUT2D eigenvalue weighted by atomic mass is 16.5. The van der Waals surface area contributed by atoms with E-state index < -0.39 is 11.8 Å². The van der Waals surface area contributed by atoms with Gasteiger partial charge in [-0.25, -0.2) is 0 Å². The molecular weight excluding hydrogens is 382 g/mol. The molecule has 2 rings (SSSR count). The van der Waals surface area contributed by atoms with Gasteiger partial charge in [-0.1, -0.05) is 45.4 Å². The summed E-state index contributed by atoms with van der Waals surface area (Å²) in [6.45, 7) is 5.90. The summed E-state index contributed by atoms with van der Waals surface area (Å²) in [5, 5.41) is 2.78. The molecule has 160 valence electrons. The number of benzene rings is 2. The van der Waals surface area contributed by atoms with E-state index in [1.165, 1.54) is 0 Å². The average molecular weight is 412 g/mol.